The second-order valence-electron chi connectivity index (χ2n) is 7.48. The molecule has 1 aromatic heterocycles. The number of hydrogen-bond donors (Lipinski definition) is 0. The summed E-state index contributed by atoms with van der Waals surface area (Å²) in [7, 11) is -0.866. The number of ether oxygens (including phenoxy) is 1. The van der Waals surface area contributed by atoms with Gasteiger partial charge in [0.05, 0.1) is 34.6 Å². The van der Waals surface area contributed by atoms with Crippen LogP contribution in [0.4, 0.5) is 0 Å². The average Bonchev–Trinajstić information content (AvgIpc) is 2.84. The van der Waals surface area contributed by atoms with Gasteiger partial charge in [-0.3, -0.25) is 9.36 Å². The van der Waals surface area contributed by atoms with Gasteiger partial charge >= 0.3 is 0 Å². The minimum atomic E-state index is -3.87. The number of methoxy groups -OCH3 is 1. The zero-order valence-corrected chi connectivity index (χ0v) is 20.7. The Morgan fingerprint density at radius 3 is 2.27 bits per heavy atom. The van der Waals surface area contributed by atoms with Gasteiger partial charge < -0.3 is 4.74 Å². The molecule has 9 heteroatoms. The highest BCUT2D eigenvalue weighted by atomic mass is 79.9. The third-order valence-corrected chi connectivity index (χ3v) is 8.01. The van der Waals surface area contributed by atoms with Gasteiger partial charge in [0.15, 0.2) is 0 Å². The fourth-order valence-corrected chi connectivity index (χ4v) is 5.14. The molecule has 0 aliphatic carbocycles. The summed E-state index contributed by atoms with van der Waals surface area (Å²) in [5.74, 6) is 0.880. The van der Waals surface area contributed by atoms with E-state index >= 15 is 0 Å². The maximum Gasteiger partial charge on any atom is 0.266 e. The van der Waals surface area contributed by atoms with Gasteiger partial charge in [-0.15, -0.1) is 0 Å². The molecule has 4 rings (SSSR count). The summed E-state index contributed by atoms with van der Waals surface area (Å²) in [6.07, 6.45) is 0. The van der Waals surface area contributed by atoms with Crippen molar-refractivity contribution in [1.82, 2.24) is 13.9 Å². The largest absolute Gasteiger partial charge is 0.497 e. The Balaban J connectivity index is 1.87. The van der Waals surface area contributed by atoms with Crippen molar-refractivity contribution in [3.8, 4) is 11.4 Å². The second kappa shape index (κ2) is 9.09. The van der Waals surface area contributed by atoms with E-state index < -0.39 is 16.1 Å². The quantitative estimate of drug-likeness (QED) is 0.367. The lowest BCUT2D eigenvalue weighted by Gasteiger charge is -2.26. The molecule has 0 radical (unpaired) electrons. The van der Waals surface area contributed by atoms with E-state index in [9.17, 15) is 13.2 Å². The highest BCUT2D eigenvalue weighted by Crippen LogP contribution is 2.28. The van der Waals surface area contributed by atoms with Crippen LogP contribution in [0.3, 0.4) is 0 Å². The summed E-state index contributed by atoms with van der Waals surface area (Å²) >= 11 is 3.41. The molecule has 3 aromatic carbocycles. The monoisotopic (exact) mass is 527 g/mol. The Hall–Kier alpha value is -3.01. The Bertz CT molecular complexity index is 1470. The van der Waals surface area contributed by atoms with Crippen molar-refractivity contribution in [2.24, 2.45) is 0 Å². The van der Waals surface area contributed by atoms with Gasteiger partial charge in [0.2, 0.25) is 10.0 Å². The van der Waals surface area contributed by atoms with E-state index in [1.165, 1.54) is 35.2 Å². The van der Waals surface area contributed by atoms with Crippen molar-refractivity contribution < 1.29 is 13.2 Å². The van der Waals surface area contributed by atoms with Crippen LogP contribution >= 0.6 is 15.9 Å². The number of sulfonamides is 1. The fraction of sp³-hybridized carbons (Fsp3) is 0.167. The van der Waals surface area contributed by atoms with Gasteiger partial charge in [-0.2, -0.15) is 4.31 Å². The molecule has 1 atom stereocenters. The molecule has 170 valence electrons. The van der Waals surface area contributed by atoms with Crippen LogP contribution in [0.2, 0.25) is 0 Å². The molecule has 0 saturated carbocycles. The van der Waals surface area contributed by atoms with E-state index in [1.807, 2.05) is 12.1 Å². The minimum Gasteiger partial charge on any atom is -0.497 e. The summed E-state index contributed by atoms with van der Waals surface area (Å²) in [6, 6.07) is 19.7. The number of nitrogens with zero attached hydrogens (tertiary/aromatic N) is 3. The number of rotatable bonds is 6. The van der Waals surface area contributed by atoms with E-state index in [2.05, 4.69) is 15.9 Å². The number of hydrogen-bond acceptors (Lipinski definition) is 5. The van der Waals surface area contributed by atoms with Crippen LogP contribution in [0.1, 0.15) is 18.8 Å². The lowest BCUT2D eigenvalue weighted by Crippen LogP contribution is -2.34. The Morgan fingerprint density at radius 2 is 1.64 bits per heavy atom. The standard InChI is InChI=1S/C24H22BrN3O4S/c1-16(27(2)33(30,31)20-14-12-19(32-3)13-15-20)23-26-22-7-5-4-6-21(22)24(29)28(23)18-10-8-17(25)9-11-18/h4-16H,1-3H3. The highest BCUT2D eigenvalue weighted by Gasteiger charge is 2.30. The molecular formula is C24H22BrN3O4S. The van der Waals surface area contributed by atoms with E-state index in [4.69, 9.17) is 9.72 Å². The Labute approximate surface area is 200 Å². The van der Waals surface area contributed by atoms with Gasteiger partial charge in [-0.1, -0.05) is 28.1 Å². The molecule has 0 N–H and O–H groups in total. The second-order valence-corrected chi connectivity index (χ2v) is 10.4. The molecule has 0 fully saturated rings. The lowest BCUT2D eigenvalue weighted by molar-refractivity contribution is 0.379. The SMILES string of the molecule is COc1ccc(S(=O)(=O)N(C)C(C)c2nc3ccccc3c(=O)n2-c2ccc(Br)cc2)cc1. The van der Waals surface area contributed by atoms with Gasteiger partial charge in [0.1, 0.15) is 11.6 Å². The lowest BCUT2D eigenvalue weighted by atomic mass is 10.2. The summed E-state index contributed by atoms with van der Waals surface area (Å²) in [6.45, 7) is 1.72. The number of fused-ring (bicyclic) bond motifs is 1. The first-order chi connectivity index (χ1) is 15.7. The first-order valence-electron chi connectivity index (χ1n) is 10.1. The molecule has 0 amide bonds. The van der Waals surface area contributed by atoms with Crippen LogP contribution in [0.25, 0.3) is 16.6 Å². The van der Waals surface area contributed by atoms with Gasteiger partial charge in [0.25, 0.3) is 5.56 Å². The molecule has 33 heavy (non-hydrogen) atoms. The first-order valence-corrected chi connectivity index (χ1v) is 12.4. The van der Waals surface area contributed by atoms with E-state index in [1.54, 1.807) is 55.5 Å². The number of benzene rings is 3. The molecule has 0 spiro atoms. The number of aromatic nitrogens is 2. The Morgan fingerprint density at radius 1 is 1.00 bits per heavy atom. The van der Waals surface area contributed by atoms with Gasteiger partial charge in [0, 0.05) is 11.5 Å². The van der Waals surface area contributed by atoms with Crippen LogP contribution in [0.15, 0.2) is 87.0 Å². The van der Waals surface area contributed by atoms with E-state index in [0.29, 0.717) is 28.2 Å². The summed E-state index contributed by atoms with van der Waals surface area (Å²) < 4.78 is 35.4. The highest BCUT2D eigenvalue weighted by molar-refractivity contribution is 9.10. The molecular weight excluding hydrogens is 506 g/mol. The van der Waals surface area contributed by atoms with E-state index in [-0.39, 0.29) is 10.5 Å². The molecule has 0 aliphatic heterocycles. The van der Waals surface area contributed by atoms with Crippen LogP contribution in [0.5, 0.6) is 5.75 Å². The van der Waals surface area contributed by atoms with Crippen LogP contribution in [0, 0.1) is 0 Å². The molecule has 1 heterocycles. The molecule has 1 unspecified atom stereocenters. The average molecular weight is 528 g/mol. The molecule has 7 nitrogen and oxygen atoms in total. The van der Waals surface area contributed by atoms with Crippen LogP contribution < -0.4 is 10.3 Å². The Kier molecular flexibility index (Phi) is 6.38. The topological polar surface area (TPSA) is 81.5 Å². The van der Waals surface area contributed by atoms with Crippen molar-refractivity contribution in [3.63, 3.8) is 0 Å². The zero-order chi connectivity index (χ0) is 23.8. The summed E-state index contributed by atoms with van der Waals surface area (Å²) in [4.78, 5) is 18.3. The van der Waals surface area contributed by atoms with Crippen LogP contribution in [-0.4, -0.2) is 36.4 Å². The maximum absolute atomic E-state index is 13.5. The molecule has 0 aliphatic rings. The number of para-hydroxylation sites is 1. The smallest absolute Gasteiger partial charge is 0.266 e. The predicted octanol–water partition coefficient (Wildman–Crippen LogP) is 4.54. The fourth-order valence-electron chi connectivity index (χ4n) is 3.55. The van der Waals surface area contributed by atoms with Gasteiger partial charge in [-0.05, 0) is 67.6 Å². The maximum atomic E-state index is 13.5. The molecule has 0 saturated heterocycles. The van der Waals surface area contributed by atoms with Crippen molar-refractivity contribution in [1.29, 1.82) is 0 Å². The van der Waals surface area contributed by atoms with Crippen molar-refractivity contribution in [2.45, 2.75) is 17.9 Å². The van der Waals surface area contributed by atoms with Crippen molar-refractivity contribution in [2.75, 3.05) is 14.2 Å². The predicted molar refractivity (Wildman–Crippen MR) is 131 cm³/mol. The third kappa shape index (κ3) is 4.31. The summed E-state index contributed by atoms with van der Waals surface area (Å²) in [5.41, 5.74) is 0.839. The molecule has 0 bridgehead atoms. The minimum absolute atomic E-state index is 0.121. The third-order valence-electron chi connectivity index (χ3n) is 5.54. The van der Waals surface area contributed by atoms with E-state index in [0.717, 1.165) is 4.47 Å². The van der Waals surface area contributed by atoms with Crippen molar-refractivity contribution in [3.05, 3.63) is 93.4 Å². The summed E-state index contributed by atoms with van der Waals surface area (Å²) in [5, 5.41) is 0.456. The van der Waals surface area contributed by atoms with Crippen molar-refractivity contribution >= 4 is 36.9 Å². The first kappa shape index (κ1) is 23.2. The number of halogens is 1. The normalized spacial score (nSPS) is 12.8. The zero-order valence-electron chi connectivity index (χ0n) is 18.3. The molecule has 4 aromatic rings. The van der Waals surface area contributed by atoms with Gasteiger partial charge in [-0.25, -0.2) is 13.4 Å². The van der Waals surface area contributed by atoms with Crippen LogP contribution in [-0.2, 0) is 10.0 Å².